The number of amides is 2. The Bertz CT molecular complexity index is 1540. The molecule has 0 bridgehead atoms. The SMILES string of the molecule is CCC(=O)Nc1nc2cc(C3(O)c4ccccc4C(=O)N3Cc3ccccc3)ccc2[nH]1.O=C(O)C(F)(F)F. The summed E-state index contributed by atoms with van der Waals surface area (Å²) in [5.41, 5.74) is 2.11. The first-order valence-corrected chi connectivity index (χ1v) is 11.7. The molecule has 2 amide bonds. The summed E-state index contributed by atoms with van der Waals surface area (Å²) in [6.07, 6.45) is -4.74. The minimum atomic E-state index is -5.08. The number of nitrogens with one attached hydrogen (secondary N) is 2. The molecule has 9 nitrogen and oxygen atoms in total. The second-order valence-electron chi connectivity index (χ2n) is 8.62. The number of carboxylic acids is 1. The van der Waals surface area contributed by atoms with Crippen molar-refractivity contribution in [2.75, 3.05) is 5.32 Å². The van der Waals surface area contributed by atoms with E-state index < -0.39 is 17.9 Å². The Balaban J connectivity index is 0.000000448. The third-order valence-corrected chi connectivity index (χ3v) is 6.06. The van der Waals surface area contributed by atoms with Crippen molar-refractivity contribution in [2.24, 2.45) is 0 Å². The van der Waals surface area contributed by atoms with Crippen molar-refractivity contribution in [3.05, 3.63) is 95.1 Å². The highest BCUT2D eigenvalue weighted by Crippen LogP contribution is 2.43. The van der Waals surface area contributed by atoms with E-state index >= 15 is 0 Å². The highest BCUT2D eigenvalue weighted by Gasteiger charge is 2.49. The number of aromatic nitrogens is 2. The van der Waals surface area contributed by atoms with Gasteiger partial charge in [0, 0.05) is 29.7 Å². The van der Waals surface area contributed by atoms with Crippen molar-refractivity contribution in [3.63, 3.8) is 0 Å². The van der Waals surface area contributed by atoms with Crippen LogP contribution in [-0.4, -0.2) is 49.0 Å². The first kappa shape index (κ1) is 27.3. The molecule has 0 fully saturated rings. The van der Waals surface area contributed by atoms with Crippen LogP contribution in [0.1, 0.15) is 40.4 Å². The second-order valence-corrected chi connectivity index (χ2v) is 8.62. The quantitative estimate of drug-likeness (QED) is 0.297. The number of H-pyrrole nitrogens is 1. The summed E-state index contributed by atoms with van der Waals surface area (Å²) < 4.78 is 31.7. The molecule has 0 saturated heterocycles. The van der Waals surface area contributed by atoms with E-state index in [1.54, 1.807) is 43.3 Å². The van der Waals surface area contributed by atoms with Gasteiger partial charge in [-0.05, 0) is 23.8 Å². The number of benzene rings is 3. The summed E-state index contributed by atoms with van der Waals surface area (Å²) in [5, 5.41) is 21.9. The number of carbonyl (C=O) groups is 3. The van der Waals surface area contributed by atoms with E-state index in [0.29, 0.717) is 34.6 Å². The molecule has 0 aliphatic carbocycles. The van der Waals surface area contributed by atoms with Gasteiger partial charge in [-0.25, -0.2) is 9.78 Å². The van der Waals surface area contributed by atoms with E-state index in [4.69, 9.17) is 9.90 Å². The fourth-order valence-corrected chi connectivity index (χ4v) is 4.18. The first-order chi connectivity index (χ1) is 18.4. The standard InChI is InChI=1S/C25H22N4O3.C2HF3O2/c1-2-22(30)28-24-26-20-13-12-17(14-21(20)27-24)25(32)19-11-7-6-10-18(19)23(31)29(25)15-16-8-4-3-5-9-16;3-2(4,5)1(6)7/h3-14,32H,2,15H2,1H3,(H2,26,27,28,30);(H,6,7). The van der Waals surface area contributed by atoms with Crippen LogP contribution in [-0.2, 0) is 21.9 Å². The van der Waals surface area contributed by atoms with Crippen molar-refractivity contribution >= 4 is 34.8 Å². The van der Waals surface area contributed by atoms with Crippen molar-refractivity contribution < 1.29 is 37.8 Å². The number of nitrogens with zero attached hydrogens (tertiary/aromatic N) is 2. The lowest BCUT2D eigenvalue weighted by atomic mass is 9.93. The van der Waals surface area contributed by atoms with Crippen LogP contribution in [0, 0.1) is 0 Å². The molecule has 0 spiro atoms. The number of rotatable bonds is 5. The smallest absolute Gasteiger partial charge is 0.475 e. The summed E-state index contributed by atoms with van der Waals surface area (Å²) >= 11 is 0. The number of carbonyl (C=O) groups excluding carboxylic acids is 2. The summed E-state index contributed by atoms with van der Waals surface area (Å²) in [5.74, 6) is -2.79. The zero-order valence-corrected chi connectivity index (χ0v) is 20.5. The maximum absolute atomic E-state index is 13.3. The van der Waals surface area contributed by atoms with Gasteiger partial charge in [0.1, 0.15) is 0 Å². The van der Waals surface area contributed by atoms with Gasteiger partial charge in [0.15, 0.2) is 5.72 Å². The molecule has 4 aromatic rings. The topological polar surface area (TPSA) is 136 Å². The number of aliphatic carboxylic acids is 1. The van der Waals surface area contributed by atoms with E-state index in [9.17, 15) is 27.9 Å². The predicted octanol–water partition coefficient (Wildman–Crippen LogP) is 4.39. The van der Waals surface area contributed by atoms with Crippen molar-refractivity contribution in [1.82, 2.24) is 14.9 Å². The molecule has 0 radical (unpaired) electrons. The Morgan fingerprint density at radius 1 is 1.05 bits per heavy atom. The van der Waals surface area contributed by atoms with Crippen LogP contribution in [0.3, 0.4) is 0 Å². The number of alkyl halides is 3. The Hall–Kier alpha value is -4.71. The van der Waals surface area contributed by atoms with Gasteiger partial charge in [-0.1, -0.05) is 61.5 Å². The number of fused-ring (bicyclic) bond motifs is 2. The molecule has 202 valence electrons. The normalized spacial score (nSPS) is 16.4. The third kappa shape index (κ3) is 5.46. The zero-order valence-electron chi connectivity index (χ0n) is 20.5. The Labute approximate surface area is 219 Å². The van der Waals surface area contributed by atoms with E-state index in [2.05, 4.69) is 15.3 Å². The van der Waals surface area contributed by atoms with Crippen LogP contribution in [0.5, 0.6) is 0 Å². The van der Waals surface area contributed by atoms with E-state index in [-0.39, 0.29) is 18.4 Å². The molecule has 3 aromatic carbocycles. The van der Waals surface area contributed by atoms with Crippen molar-refractivity contribution in [3.8, 4) is 0 Å². The monoisotopic (exact) mass is 540 g/mol. The Kier molecular flexibility index (Phi) is 7.41. The predicted molar refractivity (Wildman–Crippen MR) is 134 cm³/mol. The fraction of sp³-hybridized carbons (Fsp3) is 0.185. The molecule has 1 unspecified atom stereocenters. The summed E-state index contributed by atoms with van der Waals surface area (Å²) in [6, 6.07) is 22.0. The Morgan fingerprint density at radius 3 is 2.33 bits per heavy atom. The van der Waals surface area contributed by atoms with Crippen molar-refractivity contribution in [1.29, 1.82) is 0 Å². The van der Waals surface area contributed by atoms with Crippen LogP contribution in [0.15, 0.2) is 72.8 Å². The molecule has 1 aliphatic heterocycles. The van der Waals surface area contributed by atoms with Crippen LogP contribution in [0.4, 0.5) is 19.1 Å². The van der Waals surface area contributed by atoms with E-state index in [1.165, 1.54) is 4.90 Å². The number of halogens is 3. The average Bonchev–Trinajstić information content (AvgIpc) is 3.41. The molecule has 2 heterocycles. The molecule has 1 aliphatic rings. The number of anilines is 1. The molecule has 1 atom stereocenters. The molecule has 39 heavy (non-hydrogen) atoms. The summed E-state index contributed by atoms with van der Waals surface area (Å²) in [7, 11) is 0. The largest absolute Gasteiger partial charge is 0.490 e. The number of hydrogen-bond donors (Lipinski definition) is 4. The molecular weight excluding hydrogens is 517 g/mol. The highest BCUT2D eigenvalue weighted by atomic mass is 19.4. The van der Waals surface area contributed by atoms with Gasteiger partial charge in [0.25, 0.3) is 5.91 Å². The second kappa shape index (κ2) is 10.6. The van der Waals surface area contributed by atoms with Gasteiger partial charge in [-0.3, -0.25) is 19.8 Å². The fourth-order valence-electron chi connectivity index (χ4n) is 4.18. The maximum atomic E-state index is 13.3. The summed E-state index contributed by atoms with van der Waals surface area (Å²) in [6.45, 7) is 2.02. The van der Waals surface area contributed by atoms with Crippen LogP contribution in [0.25, 0.3) is 11.0 Å². The zero-order chi connectivity index (χ0) is 28.4. The molecule has 4 N–H and O–H groups in total. The van der Waals surface area contributed by atoms with E-state index in [1.807, 2.05) is 36.4 Å². The lowest BCUT2D eigenvalue weighted by Gasteiger charge is -2.35. The summed E-state index contributed by atoms with van der Waals surface area (Å²) in [4.78, 5) is 42.9. The van der Waals surface area contributed by atoms with Crippen LogP contribution < -0.4 is 5.32 Å². The van der Waals surface area contributed by atoms with Gasteiger partial charge in [0.2, 0.25) is 11.9 Å². The molecule has 1 aromatic heterocycles. The van der Waals surface area contributed by atoms with Gasteiger partial charge in [-0.15, -0.1) is 0 Å². The number of hydrogen-bond acceptors (Lipinski definition) is 5. The average molecular weight is 540 g/mol. The molecule has 0 saturated carbocycles. The van der Waals surface area contributed by atoms with E-state index in [0.717, 1.165) is 11.1 Å². The van der Waals surface area contributed by atoms with Gasteiger partial charge >= 0.3 is 12.1 Å². The highest BCUT2D eigenvalue weighted by molar-refractivity contribution is 6.00. The molecular formula is C27H23F3N4O5. The lowest BCUT2D eigenvalue weighted by molar-refractivity contribution is -0.192. The van der Waals surface area contributed by atoms with Crippen molar-refractivity contribution in [2.45, 2.75) is 31.8 Å². The van der Waals surface area contributed by atoms with Crippen LogP contribution >= 0.6 is 0 Å². The number of aromatic amines is 1. The van der Waals surface area contributed by atoms with Gasteiger partial charge in [0.05, 0.1) is 11.0 Å². The number of carboxylic acid groups (broad SMARTS) is 1. The maximum Gasteiger partial charge on any atom is 0.490 e. The number of aliphatic hydroxyl groups is 1. The first-order valence-electron chi connectivity index (χ1n) is 11.7. The molecule has 5 rings (SSSR count). The Morgan fingerprint density at radius 2 is 1.69 bits per heavy atom. The molecule has 12 heteroatoms. The minimum absolute atomic E-state index is 0.146. The van der Waals surface area contributed by atoms with Gasteiger partial charge in [-0.2, -0.15) is 13.2 Å². The lowest BCUT2D eigenvalue weighted by Crippen LogP contribution is -2.44. The third-order valence-electron chi connectivity index (χ3n) is 6.06. The van der Waals surface area contributed by atoms with Gasteiger partial charge < -0.3 is 15.2 Å². The minimum Gasteiger partial charge on any atom is -0.475 e. The number of imidazole rings is 1. The van der Waals surface area contributed by atoms with Crippen LogP contribution in [0.2, 0.25) is 0 Å².